The molecule has 18 heteroatoms. The molecule has 0 saturated heterocycles. The van der Waals surface area contributed by atoms with E-state index < -0.39 is 45.6 Å². The van der Waals surface area contributed by atoms with Gasteiger partial charge in [0.15, 0.2) is 18.9 Å². The maximum Gasteiger partial charge on any atom is 0.412 e. The summed E-state index contributed by atoms with van der Waals surface area (Å²) in [6, 6.07) is 6.35. The number of nitrogens with two attached hydrogens (primary N) is 1. The van der Waals surface area contributed by atoms with Gasteiger partial charge in [0.2, 0.25) is 5.95 Å². The zero-order valence-corrected chi connectivity index (χ0v) is 20.6. The third kappa shape index (κ3) is 9.03. The number of rotatable bonds is 11. The molecule has 0 radical (unpaired) electrons. The van der Waals surface area contributed by atoms with Gasteiger partial charge in [0.25, 0.3) is 0 Å². The Hall–Kier alpha value is -2.59. The van der Waals surface area contributed by atoms with Crippen LogP contribution >= 0.6 is 19.4 Å². The molecule has 10 nitrogen and oxygen atoms in total. The first-order valence-corrected chi connectivity index (χ1v) is 12.8. The second-order valence-corrected chi connectivity index (χ2v) is 10.6. The summed E-state index contributed by atoms with van der Waals surface area (Å²) in [5, 5.41) is 10.0. The van der Waals surface area contributed by atoms with E-state index in [1.54, 1.807) is 12.1 Å². The maximum atomic E-state index is 12.5. The summed E-state index contributed by atoms with van der Waals surface area (Å²) in [5.41, 5.74) is 6.40. The quantitative estimate of drug-likeness (QED) is 0.183. The Kier molecular flexibility index (Phi) is 8.95. The second-order valence-electron chi connectivity index (χ2n) is 7.55. The number of alkyl halides is 6. The van der Waals surface area contributed by atoms with Gasteiger partial charge in [-0.1, -0.05) is 17.8 Å². The predicted molar refractivity (Wildman–Crippen MR) is 119 cm³/mol. The molecule has 0 fully saturated rings. The highest BCUT2D eigenvalue weighted by molar-refractivity contribution is 7.99. The standard InChI is InChI=1S/C19H20F6N5O5PS/c1-11(33-10-36(32,34-7-18(20,21)22)35-8-19(23,24)25)6-30-9-27-14-15(30)28-17(26)29-16(14)37-13-4-2-3-12(31)5-13/h2-5,9,11,31H,6-8,10H2,1H3,(H2,26,28,29). The first-order chi connectivity index (χ1) is 17.1. The van der Waals surface area contributed by atoms with E-state index >= 15 is 0 Å². The van der Waals surface area contributed by atoms with E-state index in [0.29, 0.717) is 15.4 Å². The average molecular weight is 575 g/mol. The molecular weight excluding hydrogens is 555 g/mol. The zero-order valence-electron chi connectivity index (χ0n) is 18.9. The predicted octanol–water partition coefficient (Wildman–Crippen LogP) is 4.98. The molecule has 204 valence electrons. The largest absolute Gasteiger partial charge is 0.508 e. The fourth-order valence-corrected chi connectivity index (χ4v) is 5.08. The Balaban J connectivity index is 1.72. The molecule has 0 saturated carbocycles. The summed E-state index contributed by atoms with van der Waals surface area (Å²) in [5.74, 6) is -0.0634. The van der Waals surface area contributed by atoms with Crippen LogP contribution in [0, 0.1) is 0 Å². The Labute approximate surface area is 209 Å². The number of phenolic OH excluding ortho intramolecular Hbond substituents is 1. The van der Waals surface area contributed by atoms with Gasteiger partial charge in [-0.25, -0.2) is 9.97 Å². The number of nitrogen functional groups attached to an aromatic ring is 1. The van der Waals surface area contributed by atoms with Gasteiger partial charge in [-0.05, 0) is 25.1 Å². The molecule has 37 heavy (non-hydrogen) atoms. The topological polar surface area (TPSA) is 135 Å². The van der Waals surface area contributed by atoms with Crippen LogP contribution in [0.5, 0.6) is 5.75 Å². The number of aromatic hydroxyl groups is 1. The van der Waals surface area contributed by atoms with E-state index in [1.807, 2.05) is 0 Å². The molecule has 0 aliphatic heterocycles. The molecule has 0 amide bonds. The highest BCUT2D eigenvalue weighted by atomic mass is 32.2. The fourth-order valence-electron chi connectivity index (χ4n) is 2.80. The van der Waals surface area contributed by atoms with Crippen LogP contribution in [-0.4, -0.2) is 62.6 Å². The summed E-state index contributed by atoms with van der Waals surface area (Å²) < 4.78 is 102. The van der Waals surface area contributed by atoms with Crippen LogP contribution < -0.4 is 5.73 Å². The van der Waals surface area contributed by atoms with Gasteiger partial charge in [-0.15, -0.1) is 0 Å². The van der Waals surface area contributed by atoms with Gasteiger partial charge in [-0.3, -0.25) is 13.6 Å². The second kappa shape index (κ2) is 11.4. The molecule has 0 bridgehead atoms. The Morgan fingerprint density at radius 2 is 1.78 bits per heavy atom. The number of imidazole rings is 1. The van der Waals surface area contributed by atoms with Crippen molar-refractivity contribution in [3.8, 4) is 5.75 Å². The number of ether oxygens (including phenoxy) is 1. The molecule has 3 aromatic rings. The van der Waals surface area contributed by atoms with E-state index in [2.05, 4.69) is 24.0 Å². The van der Waals surface area contributed by atoms with Gasteiger partial charge in [0, 0.05) is 4.90 Å². The number of hydrogen-bond acceptors (Lipinski definition) is 10. The van der Waals surface area contributed by atoms with Crippen LogP contribution in [0.25, 0.3) is 11.2 Å². The van der Waals surface area contributed by atoms with Crippen LogP contribution in [0.15, 0.2) is 40.5 Å². The summed E-state index contributed by atoms with van der Waals surface area (Å²) in [4.78, 5) is 13.2. The van der Waals surface area contributed by atoms with Crippen molar-refractivity contribution in [1.29, 1.82) is 0 Å². The normalized spacial score (nSPS) is 13.8. The SMILES string of the molecule is CC(Cn1cnc2c(Sc3cccc(O)c3)nc(N)nc21)OCP(=O)(OCC(F)(F)F)OCC(F)(F)F. The molecule has 3 rings (SSSR count). The highest BCUT2D eigenvalue weighted by Gasteiger charge is 2.39. The number of benzene rings is 1. The zero-order chi connectivity index (χ0) is 27.4. The molecule has 1 aromatic carbocycles. The van der Waals surface area contributed by atoms with Gasteiger partial charge < -0.3 is 20.1 Å². The molecule has 2 aromatic heterocycles. The smallest absolute Gasteiger partial charge is 0.412 e. The fraction of sp³-hybridized carbons (Fsp3) is 0.421. The van der Waals surface area contributed by atoms with Gasteiger partial charge in [-0.2, -0.15) is 31.3 Å². The molecule has 1 unspecified atom stereocenters. The van der Waals surface area contributed by atoms with Gasteiger partial charge in [0.05, 0.1) is 19.0 Å². The molecule has 0 spiro atoms. The highest BCUT2D eigenvalue weighted by Crippen LogP contribution is 2.50. The van der Waals surface area contributed by atoms with Gasteiger partial charge in [0.1, 0.15) is 22.6 Å². The lowest BCUT2D eigenvalue weighted by molar-refractivity contribution is -0.166. The number of anilines is 1. The van der Waals surface area contributed by atoms with Crippen molar-refractivity contribution >= 4 is 36.5 Å². The first-order valence-electron chi connectivity index (χ1n) is 10.2. The number of fused-ring (bicyclic) bond motifs is 1. The molecular formula is C19H20F6N5O5PS. The Morgan fingerprint density at radius 1 is 1.14 bits per heavy atom. The molecule has 1 atom stereocenters. The lowest BCUT2D eigenvalue weighted by Crippen LogP contribution is -2.23. The van der Waals surface area contributed by atoms with Crippen molar-refractivity contribution in [3.05, 3.63) is 30.6 Å². The van der Waals surface area contributed by atoms with Crippen molar-refractivity contribution in [3.63, 3.8) is 0 Å². The number of aromatic nitrogens is 4. The summed E-state index contributed by atoms with van der Waals surface area (Å²) in [6.45, 7) is -2.79. The van der Waals surface area contributed by atoms with Crippen LogP contribution in [0.3, 0.4) is 0 Å². The van der Waals surface area contributed by atoms with Crippen molar-refractivity contribution in [2.45, 2.75) is 41.8 Å². The van der Waals surface area contributed by atoms with E-state index in [0.717, 1.165) is 11.8 Å². The van der Waals surface area contributed by atoms with E-state index in [-0.39, 0.29) is 23.9 Å². The minimum atomic E-state index is -4.95. The van der Waals surface area contributed by atoms with E-state index in [1.165, 1.54) is 30.0 Å². The van der Waals surface area contributed by atoms with E-state index in [4.69, 9.17) is 10.5 Å². The average Bonchev–Trinajstić information content (AvgIpc) is 3.17. The van der Waals surface area contributed by atoms with Crippen LogP contribution in [0.1, 0.15) is 6.92 Å². The van der Waals surface area contributed by atoms with Gasteiger partial charge >= 0.3 is 19.9 Å². The van der Waals surface area contributed by atoms with Crippen LogP contribution in [0.2, 0.25) is 0 Å². The lowest BCUT2D eigenvalue weighted by Gasteiger charge is -2.22. The van der Waals surface area contributed by atoms with Crippen LogP contribution in [0.4, 0.5) is 32.3 Å². The number of hydrogen-bond donors (Lipinski definition) is 2. The van der Waals surface area contributed by atoms with Crippen LogP contribution in [-0.2, 0) is 24.9 Å². The lowest BCUT2D eigenvalue weighted by atomic mass is 10.3. The minimum absolute atomic E-state index is 0.0375. The Morgan fingerprint density at radius 3 is 2.38 bits per heavy atom. The van der Waals surface area contributed by atoms with Crippen molar-refractivity contribution in [2.75, 3.05) is 25.3 Å². The van der Waals surface area contributed by atoms with Crippen molar-refractivity contribution in [2.24, 2.45) is 0 Å². The maximum absolute atomic E-state index is 12.5. The molecule has 0 aliphatic rings. The summed E-state index contributed by atoms with van der Waals surface area (Å²) >= 11 is 1.15. The third-order valence-corrected chi connectivity index (χ3v) is 6.78. The minimum Gasteiger partial charge on any atom is -0.508 e. The van der Waals surface area contributed by atoms with Crippen molar-refractivity contribution < 1.29 is 49.8 Å². The number of halogens is 6. The third-order valence-electron chi connectivity index (χ3n) is 4.30. The van der Waals surface area contributed by atoms with Crippen molar-refractivity contribution in [1.82, 2.24) is 19.5 Å². The van der Waals surface area contributed by atoms with E-state index in [9.17, 15) is 36.0 Å². The monoisotopic (exact) mass is 575 g/mol. The number of nitrogens with zero attached hydrogens (tertiary/aromatic N) is 4. The molecule has 0 aliphatic carbocycles. The Bertz CT molecular complexity index is 1250. The summed E-state index contributed by atoms with van der Waals surface area (Å²) in [6.07, 6.45) is -10.6. The molecule has 3 N–H and O–H groups in total. The summed E-state index contributed by atoms with van der Waals surface area (Å²) in [7, 11) is -4.92. The molecule has 2 heterocycles. The first kappa shape index (κ1) is 29.0. The number of phenols is 1.